The zero-order valence-corrected chi connectivity index (χ0v) is 14.7. The van der Waals surface area contributed by atoms with Crippen molar-refractivity contribution >= 4 is 39.1 Å². The standard InChI is InChI=1S/C15H20BrNO3S/c1-3-5-15(14(19)20)6-4-7-17(9-15)13(18)11-8-10(2)12(16)21-11/h8H,3-7,9H2,1-2H3,(H,19,20). The van der Waals surface area contributed by atoms with Gasteiger partial charge in [-0.05, 0) is 53.7 Å². The highest BCUT2D eigenvalue weighted by atomic mass is 79.9. The molecule has 0 bridgehead atoms. The summed E-state index contributed by atoms with van der Waals surface area (Å²) in [5.41, 5.74) is 0.269. The average molecular weight is 374 g/mol. The van der Waals surface area contributed by atoms with Crippen molar-refractivity contribution in [1.82, 2.24) is 4.90 Å². The molecule has 0 aromatic carbocycles. The molecule has 1 unspecified atom stereocenters. The largest absolute Gasteiger partial charge is 0.481 e. The summed E-state index contributed by atoms with van der Waals surface area (Å²) in [7, 11) is 0. The van der Waals surface area contributed by atoms with E-state index in [1.807, 2.05) is 19.9 Å². The Kier molecular flexibility index (Phi) is 5.09. The van der Waals surface area contributed by atoms with E-state index in [4.69, 9.17) is 0 Å². The van der Waals surface area contributed by atoms with E-state index in [1.54, 1.807) is 4.90 Å². The quantitative estimate of drug-likeness (QED) is 0.869. The van der Waals surface area contributed by atoms with E-state index in [0.29, 0.717) is 30.8 Å². The number of nitrogens with zero attached hydrogens (tertiary/aromatic N) is 1. The van der Waals surface area contributed by atoms with E-state index in [0.717, 1.165) is 22.2 Å². The minimum absolute atomic E-state index is 0.0461. The second-order valence-electron chi connectivity index (χ2n) is 5.73. The van der Waals surface area contributed by atoms with Crippen LogP contribution in [0.5, 0.6) is 0 Å². The highest BCUT2D eigenvalue weighted by Crippen LogP contribution is 2.36. The number of aryl methyl sites for hydroxylation is 1. The molecule has 1 aromatic rings. The molecule has 1 fully saturated rings. The fourth-order valence-corrected chi connectivity index (χ4v) is 4.49. The monoisotopic (exact) mass is 373 g/mol. The molecule has 1 aliphatic rings. The Morgan fingerprint density at radius 2 is 2.24 bits per heavy atom. The van der Waals surface area contributed by atoms with Gasteiger partial charge in [0.05, 0.1) is 14.1 Å². The van der Waals surface area contributed by atoms with Crippen molar-refractivity contribution in [2.75, 3.05) is 13.1 Å². The van der Waals surface area contributed by atoms with Crippen molar-refractivity contribution in [1.29, 1.82) is 0 Å². The van der Waals surface area contributed by atoms with E-state index in [2.05, 4.69) is 15.9 Å². The van der Waals surface area contributed by atoms with Gasteiger partial charge in [-0.1, -0.05) is 13.3 Å². The van der Waals surface area contributed by atoms with Crippen LogP contribution in [-0.2, 0) is 4.79 Å². The Bertz CT molecular complexity index is 534. The number of carbonyl (C=O) groups is 2. The topological polar surface area (TPSA) is 57.6 Å². The number of carboxylic acid groups (broad SMARTS) is 1. The van der Waals surface area contributed by atoms with Gasteiger partial charge >= 0.3 is 5.97 Å². The molecule has 2 heterocycles. The number of rotatable bonds is 4. The number of piperidine rings is 1. The van der Waals surface area contributed by atoms with Gasteiger partial charge in [-0.25, -0.2) is 0 Å². The van der Waals surface area contributed by atoms with Crippen molar-refractivity contribution in [3.05, 3.63) is 20.3 Å². The summed E-state index contributed by atoms with van der Waals surface area (Å²) < 4.78 is 0.959. The van der Waals surface area contributed by atoms with Crippen molar-refractivity contribution < 1.29 is 14.7 Å². The predicted octanol–water partition coefficient (Wildman–Crippen LogP) is 3.93. The molecule has 1 amide bonds. The van der Waals surface area contributed by atoms with Crippen molar-refractivity contribution in [2.45, 2.75) is 39.5 Å². The van der Waals surface area contributed by atoms with Crippen molar-refractivity contribution in [3.8, 4) is 0 Å². The van der Waals surface area contributed by atoms with Gasteiger partial charge in [-0.2, -0.15) is 0 Å². The lowest BCUT2D eigenvalue weighted by Gasteiger charge is -2.39. The first kappa shape index (κ1) is 16.5. The van der Waals surface area contributed by atoms with Crippen LogP contribution in [0.2, 0.25) is 0 Å². The van der Waals surface area contributed by atoms with E-state index < -0.39 is 11.4 Å². The summed E-state index contributed by atoms with van der Waals surface area (Å²) in [6.45, 7) is 4.91. The van der Waals surface area contributed by atoms with Crippen LogP contribution in [0.4, 0.5) is 0 Å². The fraction of sp³-hybridized carbons (Fsp3) is 0.600. The molecule has 0 saturated carbocycles. The molecule has 1 N–H and O–H groups in total. The Morgan fingerprint density at radius 1 is 1.52 bits per heavy atom. The Morgan fingerprint density at radius 3 is 2.76 bits per heavy atom. The number of hydrogen-bond donors (Lipinski definition) is 1. The molecular formula is C15H20BrNO3S. The minimum atomic E-state index is -0.773. The number of halogens is 1. The van der Waals surface area contributed by atoms with Crippen LogP contribution in [0.1, 0.15) is 47.8 Å². The molecule has 1 saturated heterocycles. The van der Waals surface area contributed by atoms with Crippen LogP contribution in [-0.4, -0.2) is 35.0 Å². The predicted molar refractivity (Wildman–Crippen MR) is 86.9 cm³/mol. The van der Waals surface area contributed by atoms with Gasteiger partial charge in [0, 0.05) is 13.1 Å². The van der Waals surface area contributed by atoms with E-state index >= 15 is 0 Å². The third kappa shape index (κ3) is 3.31. The lowest BCUT2D eigenvalue weighted by atomic mass is 9.76. The molecule has 1 atom stereocenters. The molecule has 0 spiro atoms. The first-order chi connectivity index (χ1) is 9.89. The lowest BCUT2D eigenvalue weighted by Crippen LogP contribution is -2.49. The van der Waals surface area contributed by atoms with Gasteiger partial charge in [-0.15, -0.1) is 11.3 Å². The SMILES string of the molecule is CCCC1(C(=O)O)CCCN(C(=O)c2cc(C)c(Br)s2)C1. The smallest absolute Gasteiger partial charge is 0.311 e. The second kappa shape index (κ2) is 6.48. The first-order valence-corrected chi connectivity index (χ1v) is 8.79. The van der Waals surface area contributed by atoms with Crippen molar-refractivity contribution in [2.24, 2.45) is 5.41 Å². The number of carboxylic acids is 1. The lowest BCUT2D eigenvalue weighted by molar-refractivity contribution is -0.152. The van der Waals surface area contributed by atoms with E-state index in [-0.39, 0.29) is 5.91 Å². The Labute approximate surface area is 137 Å². The van der Waals surface area contributed by atoms with Crippen LogP contribution in [0.25, 0.3) is 0 Å². The van der Waals surface area contributed by atoms with Gasteiger partial charge in [-0.3, -0.25) is 9.59 Å². The minimum Gasteiger partial charge on any atom is -0.481 e. The van der Waals surface area contributed by atoms with E-state index in [1.165, 1.54) is 11.3 Å². The molecule has 0 radical (unpaired) electrons. The summed E-state index contributed by atoms with van der Waals surface area (Å²) in [5.74, 6) is -0.819. The summed E-state index contributed by atoms with van der Waals surface area (Å²) in [6, 6.07) is 1.87. The molecule has 1 aromatic heterocycles. The average Bonchev–Trinajstić information content (AvgIpc) is 2.78. The molecule has 21 heavy (non-hydrogen) atoms. The fourth-order valence-electron chi connectivity index (χ4n) is 2.99. The maximum atomic E-state index is 12.6. The number of aliphatic carboxylic acids is 1. The summed E-state index contributed by atoms with van der Waals surface area (Å²) in [5, 5.41) is 9.60. The van der Waals surface area contributed by atoms with Gasteiger partial charge in [0.1, 0.15) is 0 Å². The molecular weight excluding hydrogens is 354 g/mol. The molecule has 116 valence electrons. The highest BCUT2D eigenvalue weighted by Gasteiger charge is 2.43. The highest BCUT2D eigenvalue weighted by molar-refractivity contribution is 9.11. The summed E-state index contributed by atoms with van der Waals surface area (Å²) in [6.07, 6.45) is 2.86. The third-order valence-corrected chi connectivity index (χ3v) is 6.24. The number of thiophene rings is 1. The van der Waals surface area contributed by atoms with Crippen molar-refractivity contribution in [3.63, 3.8) is 0 Å². The second-order valence-corrected chi connectivity index (χ2v) is 8.10. The molecule has 2 rings (SSSR count). The Balaban J connectivity index is 2.20. The maximum Gasteiger partial charge on any atom is 0.311 e. The first-order valence-electron chi connectivity index (χ1n) is 7.18. The van der Waals surface area contributed by atoms with Crippen LogP contribution in [0, 0.1) is 12.3 Å². The van der Waals surface area contributed by atoms with Gasteiger partial charge < -0.3 is 10.0 Å². The normalized spacial score (nSPS) is 22.3. The third-order valence-electron chi connectivity index (χ3n) is 4.11. The van der Waals surface area contributed by atoms with Crippen LogP contribution in [0.3, 0.4) is 0 Å². The summed E-state index contributed by atoms with van der Waals surface area (Å²) in [4.78, 5) is 26.7. The maximum absolute atomic E-state index is 12.6. The number of likely N-dealkylation sites (tertiary alicyclic amines) is 1. The molecule has 1 aliphatic heterocycles. The zero-order valence-electron chi connectivity index (χ0n) is 12.3. The van der Waals surface area contributed by atoms with Gasteiger partial charge in [0.15, 0.2) is 0 Å². The number of hydrogen-bond acceptors (Lipinski definition) is 3. The molecule has 0 aliphatic carbocycles. The Hall–Kier alpha value is -0.880. The van der Waals surface area contributed by atoms with E-state index in [9.17, 15) is 14.7 Å². The zero-order chi connectivity index (χ0) is 15.6. The molecule has 6 heteroatoms. The number of carbonyl (C=O) groups excluding carboxylic acids is 1. The molecule has 4 nitrogen and oxygen atoms in total. The summed E-state index contributed by atoms with van der Waals surface area (Å²) >= 11 is 4.85. The van der Waals surface area contributed by atoms with Gasteiger partial charge in [0.25, 0.3) is 5.91 Å². The van der Waals surface area contributed by atoms with Crippen LogP contribution in [0.15, 0.2) is 9.85 Å². The van der Waals surface area contributed by atoms with Crippen LogP contribution >= 0.6 is 27.3 Å². The number of amides is 1. The van der Waals surface area contributed by atoms with Gasteiger partial charge in [0.2, 0.25) is 0 Å². The van der Waals surface area contributed by atoms with Crippen LogP contribution < -0.4 is 0 Å².